The van der Waals surface area contributed by atoms with E-state index in [0.717, 1.165) is 24.0 Å². The average molecular weight is 408 g/mol. The van der Waals surface area contributed by atoms with Gasteiger partial charge >= 0.3 is 0 Å². The van der Waals surface area contributed by atoms with Gasteiger partial charge in [0.05, 0.1) is 4.88 Å². The quantitative estimate of drug-likeness (QED) is 0.613. The Bertz CT molecular complexity index is 994. The molecule has 1 aliphatic rings. The molecule has 6 heteroatoms. The maximum atomic E-state index is 13.1. The Kier molecular flexibility index (Phi) is 5.45. The minimum atomic E-state index is -0.250. The molecular weight excluding hydrogens is 387 g/mol. The summed E-state index contributed by atoms with van der Waals surface area (Å²) in [6, 6.07) is 17.4. The molecule has 1 saturated carbocycles. The van der Waals surface area contributed by atoms with Gasteiger partial charge in [0.25, 0.3) is 11.8 Å². The Balaban J connectivity index is 1.30. The number of halogens is 1. The second-order valence-electron chi connectivity index (χ2n) is 7.33. The summed E-state index contributed by atoms with van der Waals surface area (Å²) in [6.07, 6.45) is 1.98. The van der Waals surface area contributed by atoms with E-state index in [4.69, 9.17) is 0 Å². The monoisotopic (exact) mass is 408 g/mol. The lowest BCUT2D eigenvalue weighted by Crippen LogP contribution is -2.32. The number of carbonyl (C=O) groups is 2. The first-order valence-corrected chi connectivity index (χ1v) is 10.4. The summed E-state index contributed by atoms with van der Waals surface area (Å²) in [5.41, 5.74) is 2.50. The normalized spacial score (nSPS) is 14.2. The van der Waals surface area contributed by atoms with Crippen LogP contribution in [0, 0.1) is 5.82 Å². The van der Waals surface area contributed by atoms with Crippen molar-refractivity contribution < 1.29 is 14.0 Å². The van der Waals surface area contributed by atoms with Crippen LogP contribution >= 0.6 is 11.3 Å². The molecule has 29 heavy (non-hydrogen) atoms. The molecule has 0 radical (unpaired) electrons. The Morgan fingerprint density at radius 2 is 1.66 bits per heavy atom. The number of hydrogen-bond acceptors (Lipinski definition) is 3. The molecule has 1 aliphatic carbocycles. The molecule has 4 rings (SSSR count). The van der Waals surface area contributed by atoms with Crippen LogP contribution in [0.5, 0.6) is 0 Å². The first-order chi connectivity index (χ1) is 14.1. The standard InChI is InChI=1S/C23H21FN2O2S/c24-19-9-7-18(8-10-19)23(11-12-23)15-26-21(27)17-5-3-16(4-6-17)14-25-22(28)20-2-1-13-29-20/h1-10,13H,11-12,14-15H2,(H,25,28)(H,26,27). The molecule has 2 N–H and O–H groups in total. The zero-order valence-electron chi connectivity index (χ0n) is 15.8. The van der Waals surface area contributed by atoms with E-state index in [9.17, 15) is 14.0 Å². The second-order valence-corrected chi connectivity index (χ2v) is 8.27. The van der Waals surface area contributed by atoms with Crippen molar-refractivity contribution in [2.45, 2.75) is 24.8 Å². The molecule has 1 aromatic heterocycles. The molecular formula is C23H21FN2O2S. The smallest absolute Gasteiger partial charge is 0.261 e. The van der Waals surface area contributed by atoms with E-state index in [1.54, 1.807) is 30.3 Å². The van der Waals surface area contributed by atoms with Gasteiger partial charge in [0.2, 0.25) is 0 Å². The molecule has 0 unspecified atom stereocenters. The van der Waals surface area contributed by atoms with Crippen LogP contribution in [-0.2, 0) is 12.0 Å². The van der Waals surface area contributed by atoms with Crippen molar-refractivity contribution in [2.24, 2.45) is 0 Å². The molecule has 2 aromatic carbocycles. The van der Waals surface area contributed by atoms with E-state index in [1.807, 2.05) is 23.6 Å². The van der Waals surface area contributed by atoms with Crippen molar-refractivity contribution in [3.63, 3.8) is 0 Å². The molecule has 0 aliphatic heterocycles. The van der Waals surface area contributed by atoms with Crippen LogP contribution in [0.15, 0.2) is 66.0 Å². The lowest BCUT2D eigenvalue weighted by molar-refractivity contribution is 0.0942. The minimum Gasteiger partial charge on any atom is -0.351 e. The topological polar surface area (TPSA) is 58.2 Å². The van der Waals surface area contributed by atoms with Crippen molar-refractivity contribution in [1.82, 2.24) is 10.6 Å². The van der Waals surface area contributed by atoms with Crippen molar-refractivity contribution in [3.8, 4) is 0 Å². The molecule has 0 atom stereocenters. The van der Waals surface area contributed by atoms with Gasteiger partial charge in [-0.1, -0.05) is 30.3 Å². The highest BCUT2D eigenvalue weighted by Crippen LogP contribution is 2.47. The fraction of sp³-hybridized carbons (Fsp3) is 0.217. The van der Waals surface area contributed by atoms with Gasteiger partial charge in [-0.25, -0.2) is 4.39 Å². The molecule has 148 valence electrons. The van der Waals surface area contributed by atoms with Crippen molar-refractivity contribution in [1.29, 1.82) is 0 Å². The highest BCUT2D eigenvalue weighted by Gasteiger charge is 2.44. The minimum absolute atomic E-state index is 0.0740. The third kappa shape index (κ3) is 4.54. The van der Waals surface area contributed by atoms with E-state index in [1.165, 1.54) is 23.5 Å². The predicted molar refractivity (Wildman–Crippen MR) is 112 cm³/mol. The summed E-state index contributed by atoms with van der Waals surface area (Å²) < 4.78 is 13.1. The molecule has 1 fully saturated rings. The van der Waals surface area contributed by atoms with Crippen LogP contribution in [0.4, 0.5) is 4.39 Å². The SMILES string of the molecule is O=C(NCC1(c2ccc(F)cc2)CC1)c1ccc(CNC(=O)c2cccs2)cc1. The van der Waals surface area contributed by atoms with E-state index >= 15 is 0 Å². The van der Waals surface area contributed by atoms with Gasteiger partial charge in [-0.2, -0.15) is 0 Å². The van der Waals surface area contributed by atoms with Crippen LogP contribution in [-0.4, -0.2) is 18.4 Å². The molecule has 0 bridgehead atoms. The molecule has 4 nitrogen and oxygen atoms in total. The van der Waals surface area contributed by atoms with Gasteiger partial charge in [-0.3, -0.25) is 9.59 Å². The largest absolute Gasteiger partial charge is 0.351 e. The van der Waals surface area contributed by atoms with Crippen LogP contribution in [0.2, 0.25) is 0 Å². The fourth-order valence-electron chi connectivity index (χ4n) is 3.32. The van der Waals surface area contributed by atoms with Gasteiger partial charge in [-0.15, -0.1) is 11.3 Å². The maximum absolute atomic E-state index is 13.1. The summed E-state index contributed by atoms with van der Waals surface area (Å²) in [5.74, 6) is -0.481. The molecule has 3 aromatic rings. The number of carbonyl (C=O) groups excluding carboxylic acids is 2. The van der Waals surface area contributed by atoms with Gasteiger partial charge in [-0.05, 0) is 59.7 Å². The van der Waals surface area contributed by atoms with E-state index in [0.29, 0.717) is 23.5 Å². The van der Waals surface area contributed by atoms with Gasteiger partial charge in [0.1, 0.15) is 5.82 Å². The maximum Gasteiger partial charge on any atom is 0.261 e. The van der Waals surface area contributed by atoms with Crippen LogP contribution in [0.3, 0.4) is 0 Å². The van der Waals surface area contributed by atoms with Gasteiger partial charge < -0.3 is 10.6 Å². The first kappa shape index (κ1) is 19.3. The van der Waals surface area contributed by atoms with Crippen LogP contribution in [0.25, 0.3) is 0 Å². The van der Waals surface area contributed by atoms with E-state index in [-0.39, 0.29) is 23.0 Å². The summed E-state index contributed by atoms with van der Waals surface area (Å²) in [4.78, 5) is 25.2. The Morgan fingerprint density at radius 3 is 2.28 bits per heavy atom. The lowest BCUT2D eigenvalue weighted by atomic mass is 9.96. The van der Waals surface area contributed by atoms with Crippen LogP contribution in [0.1, 0.15) is 44.0 Å². The number of hydrogen-bond donors (Lipinski definition) is 2. The first-order valence-electron chi connectivity index (χ1n) is 9.51. The highest BCUT2D eigenvalue weighted by atomic mass is 32.1. The summed E-state index contributed by atoms with van der Waals surface area (Å²) >= 11 is 1.40. The second kappa shape index (κ2) is 8.17. The fourth-order valence-corrected chi connectivity index (χ4v) is 3.96. The third-order valence-corrected chi connectivity index (χ3v) is 6.18. The lowest BCUT2D eigenvalue weighted by Gasteiger charge is -2.17. The average Bonchev–Trinajstić information content (AvgIpc) is 3.33. The Hall–Kier alpha value is -2.99. The number of nitrogens with one attached hydrogen (secondary N) is 2. The van der Waals surface area contributed by atoms with Gasteiger partial charge in [0, 0.05) is 24.1 Å². The predicted octanol–water partition coefficient (Wildman–Crippen LogP) is 4.28. The van der Waals surface area contributed by atoms with E-state index < -0.39 is 0 Å². The molecule has 1 heterocycles. The number of rotatable bonds is 7. The zero-order valence-corrected chi connectivity index (χ0v) is 16.6. The van der Waals surface area contributed by atoms with E-state index in [2.05, 4.69) is 10.6 Å². The van der Waals surface area contributed by atoms with Crippen molar-refractivity contribution in [3.05, 3.63) is 93.4 Å². The zero-order chi connectivity index (χ0) is 20.3. The highest BCUT2D eigenvalue weighted by molar-refractivity contribution is 7.12. The Morgan fingerprint density at radius 1 is 0.931 bits per heavy atom. The molecule has 0 saturated heterocycles. The third-order valence-electron chi connectivity index (χ3n) is 5.31. The molecule has 2 amide bonds. The van der Waals surface area contributed by atoms with Crippen LogP contribution < -0.4 is 10.6 Å². The summed E-state index contributed by atoms with van der Waals surface area (Å²) in [7, 11) is 0. The number of amides is 2. The summed E-state index contributed by atoms with van der Waals surface area (Å²) in [6.45, 7) is 0.947. The summed E-state index contributed by atoms with van der Waals surface area (Å²) in [5, 5.41) is 7.74. The van der Waals surface area contributed by atoms with Gasteiger partial charge in [0.15, 0.2) is 0 Å². The van der Waals surface area contributed by atoms with Crippen molar-refractivity contribution in [2.75, 3.05) is 6.54 Å². The van der Waals surface area contributed by atoms with Crippen molar-refractivity contribution >= 4 is 23.2 Å². The molecule has 0 spiro atoms. The number of benzene rings is 2. The Labute approximate surface area is 172 Å². The number of thiophene rings is 1.